The number of nitrogens with one attached hydrogen (secondary N) is 4. The zero-order chi connectivity index (χ0) is 29.3. The molecule has 0 unspecified atom stereocenters. The number of esters is 1. The van der Waals surface area contributed by atoms with E-state index in [1.54, 1.807) is 11.3 Å². The highest BCUT2D eigenvalue weighted by Crippen LogP contribution is 2.32. The van der Waals surface area contributed by atoms with Crippen molar-refractivity contribution in [2.75, 3.05) is 53.3 Å². The number of hydrogen-bond acceptors (Lipinski definition) is 12. The lowest BCUT2D eigenvalue weighted by atomic mass is 10.2. The van der Waals surface area contributed by atoms with Gasteiger partial charge in [0.1, 0.15) is 5.00 Å². The predicted molar refractivity (Wildman–Crippen MR) is 174 cm³/mol. The third-order valence-electron chi connectivity index (χ3n) is 6.93. The average molecular weight is 605 g/mol. The highest BCUT2D eigenvalue weighted by atomic mass is 32.1. The minimum atomic E-state index is -0.250. The predicted octanol–water partition coefficient (Wildman–Crippen LogP) is 7.86. The van der Waals surface area contributed by atoms with Crippen molar-refractivity contribution in [3.63, 3.8) is 0 Å². The van der Waals surface area contributed by atoms with Crippen molar-refractivity contribution in [3.05, 3.63) is 70.7 Å². The Kier molecular flexibility index (Phi) is 9.88. The van der Waals surface area contributed by atoms with Gasteiger partial charge in [0.15, 0.2) is 0 Å². The Morgan fingerprint density at radius 2 is 1.79 bits per heavy atom. The third kappa shape index (κ3) is 7.98. The molecule has 220 valence electrons. The van der Waals surface area contributed by atoms with Gasteiger partial charge < -0.3 is 25.7 Å². The fraction of sp³-hybridized carbons (Fsp3) is 0.333. The van der Waals surface area contributed by atoms with Crippen molar-refractivity contribution in [1.82, 2.24) is 4.98 Å². The summed E-state index contributed by atoms with van der Waals surface area (Å²) in [6.07, 6.45) is 3.39. The van der Waals surface area contributed by atoms with Crippen molar-refractivity contribution in [2.24, 2.45) is 10.2 Å². The normalized spacial score (nSPS) is 13.0. The van der Waals surface area contributed by atoms with Crippen LogP contribution in [0.5, 0.6) is 0 Å². The molecule has 1 fully saturated rings. The molecule has 1 saturated heterocycles. The smallest absolute Gasteiger partial charge is 0.305 e. The Morgan fingerprint density at radius 1 is 0.976 bits per heavy atom. The molecule has 2 aromatic carbocycles. The second-order valence-corrected chi connectivity index (χ2v) is 11.9. The fourth-order valence-corrected chi connectivity index (χ4v) is 6.16. The number of rotatable bonds is 13. The molecule has 0 radical (unpaired) electrons. The zero-order valence-electron chi connectivity index (χ0n) is 24.1. The summed E-state index contributed by atoms with van der Waals surface area (Å²) >= 11 is 3.18. The number of thiazole rings is 1. The molecule has 5 rings (SSSR count). The van der Waals surface area contributed by atoms with Crippen LogP contribution in [0.25, 0.3) is 0 Å². The van der Waals surface area contributed by atoms with Gasteiger partial charge in [-0.15, -0.1) is 21.6 Å². The monoisotopic (exact) mass is 604 g/mol. The molecule has 0 aliphatic carbocycles. The number of benzene rings is 2. The van der Waals surface area contributed by atoms with Gasteiger partial charge in [-0.25, -0.2) is 4.98 Å². The van der Waals surface area contributed by atoms with Crippen molar-refractivity contribution in [3.8, 4) is 0 Å². The molecular weight excluding hydrogens is 569 g/mol. The summed E-state index contributed by atoms with van der Waals surface area (Å²) in [4.78, 5) is 18.2. The SMILES string of the molecule is COC(=O)CCc1csc(/N=N/c2ccc(NCNc3ccc(NNc4ccc(N5CCCC5)s4)cc3C)cc2C)n1. The highest BCUT2D eigenvalue weighted by Gasteiger charge is 2.14. The lowest BCUT2D eigenvalue weighted by Gasteiger charge is -2.15. The van der Waals surface area contributed by atoms with Gasteiger partial charge in [-0.2, -0.15) is 0 Å². The summed E-state index contributed by atoms with van der Waals surface area (Å²) in [6.45, 7) is 6.99. The first-order valence-electron chi connectivity index (χ1n) is 14.0. The standard InChI is InChI=1S/C30H36N8O2S2/c1-20-17-23(34-36-27-11-12-28(42-27)38-14-4-5-15-38)7-9-25(20)32-19-31-22-6-10-26(21(2)16-22)35-37-30-33-24(18-41-30)8-13-29(39)40-3/h6-7,9-12,16-18,31-32,34,36H,4-5,8,13-15,19H2,1-3H3/b37-35+. The Hall–Kier alpha value is -4.16. The van der Waals surface area contributed by atoms with Gasteiger partial charge in [-0.1, -0.05) is 11.3 Å². The summed E-state index contributed by atoms with van der Waals surface area (Å²) in [7, 11) is 1.38. The molecule has 4 N–H and O–H groups in total. The van der Waals surface area contributed by atoms with Crippen molar-refractivity contribution >= 4 is 66.5 Å². The topological polar surface area (TPSA) is 115 Å². The zero-order valence-corrected chi connectivity index (χ0v) is 25.7. The van der Waals surface area contributed by atoms with Gasteiger partial charge in [-0.3, -0.25) is 10.2 Å². The van der Waals surface area contributed by atoms with E-state index in [2.05, 4.69) is 83.6 Å². The number of hydrogen-bond donors (Lipinski definition) is 4. The molecule has 12 heteroatoms. The number of carbonyl (C=O) groups excluding carboxylic acids is 1. The van der Waals surface area contributed by atoms with E-state index >= 15 is 0 Å². The quantitative estimate of drug-likeness (QED) is 0.0528. The minimum absolute atomic E-state index is 0.250. The highest BCUT2D eigenvalue weighted by molar-refractivity contribution is 7.20. The van der Waals surface area contributed by atoms with Crippen molar-refractivity contribution in [2.45, 2.75) is 39.5 Å². The van der Waals surface area contributed by atoms with Gasteiger partial charge >= 0.3 is 5.97 Å². The van der Waals surface area contributed by atoms with E-state index in [4.69, 9.17) is 0 Å². The van der Waals surface area contributed by atoms with E-state index in [0.717, 1.165) is 57.7 Å². The Morgan fingerprint density at radius 3 is 2.57 bits per heavy atom. The van der Waals surface area contributed by atoms with Crippen LogP contribution in [0.3, 0.4) is 0 Å². The molecule has 0 bridgehead atoms. The van der Waals surface area contributed by atoms with E-state index < -0.39 is 0 Å². The molecule has 3 heterocycles. The maximum absolute atomic E-state index is 11.3. The van der Waals surface area contributed by atoms with Gasteiger partial charge in [-0.05, 0) is 86.3 Å². The van der Waals surface area contributed by atoms with Crippen molar-refractivity contribution in [1.29, 1.82) is 0 Å². The largest absolute Gasteiger partial charge is 0.469 e. The molecule has 1 aliphatic heterocycles. The van der Waals surface area contributed by atoms with Crippen LogP contribution in [0.4, 0.5) is 37.9 Å². The molecule has 10 nitrogen and oxygen atoms in total. The lowest BCUT2D eigenvalue weighted by Crippen LogP contribution is -2.15. The minimum Gasteiger partial charge on any atom is -0.469 e. The molecule has 0 atom stereocenters. The lowest BCUT2D eigenvalue weighted by molar-refractivity contribution is -0.140. The number of carbonyl (C=O) groups is 1. The Balaban J connectivity index is 1.07. The number of aryl methyl sites for hydroxylation is 3. The summed E-state index contributed by atoms with van der Waals surface area (Å²) in [5.74, 6) is -0.250. The summed E-state index contributed by atoms with van der Waals surface area (Å²) in [6, 6.07) is 16.6. The summed E-state index contributed by atoms with van der Waals surface area (Å²) in [5, 5.41) is 20.4. The van der Waals surface area contributed by atoms with Crippen LogP contribution in [0.2, 0.25) is 0 Å². The van der Waals surface area contributed by atoms with E-state index in [1.165, 1.54) is 36.3 Å². The number of thiophene rings is 1. The van der Waals surface area contributed by atoms with Crippen molar-refractivity contribution < 1.29 is 9.53 Å². The van der Waals surface area contributed by atoms with E-state index in [1.807, 2.05) is 30.5 Å². The van der Waals surface area contributed by atoms with Gasteiger partial charge in [0.2, 0.25) is 5.13 Å². The fourth-order valence-electron chi connectivity index (χ4n) is 4.58. The average Bonchev–Trinajstić information content (AvgIpc) is 3.78. The second-order valence-electron chi connectivity index (χ2n) is 10.0. The maximum atomic E-state index is 11.3. The van der Waals surface area contributed by atoms with Crippen LogP contribution in [0, 0.1) is 13.8 Å². The second kappa shape index (κ2) is 14.1. The molecule has 0 spiro atoms. The molecule has 4 aromatic rings. The first kappa shape index (κ1) is 29.3. The molecule has 0 saturated carbocycles. The Bertz CT molecular complexity index is 1530. The summed E-state index contributed by atoms with van der Waals surface area (Å²) in [5.41, 5.74) is 13.5. The number of aromatic nitrogens is 1. The van der Waals surface area contributed by atoms with Crippen LogP contribution < -0.4 is 26.4 Å². The van der Waals surface area contributed by atoms with Crippen LogP contribution in [-0.2, 0) is 16.0 Å². The van der Waals surface area contributed by atoms with Gasteiger partial charge in [0, 0.05) is 36.3 Å². The number of ether oxygens (including phenoxy) is 1. The number of azo groups is 1. The number of hydrazine groups is 1. The number of nitrogens with zero attached hydrogens (tertiary/aromatic N) is 4. The van der Waals surface area contributed by atoms with Crippen LogP contribution in [-0.4, -0.2) is 37.8 Å². The van der Waals surface area contributed by atoms with E-state index in [-0.39, 0.29) is 5.97 Å². The Labute approximate surface area is 254 Å². The first-order chi connectivity index (χ1) is 20.5. The first-order valence-corrected chi connectivity index (χ1v) is 15.7. The molecule has 42 heavy (non-hydrogen) atoms. The van der Waals surface area contributed by atoms with Crippen LogP contribution in [0.1, 0.15) is 36.1 Å². The van der Waals surface area contributed by atoms with Crippen LogP contribution >= 0.6 is 22.7 Å². The molecule has 0 amide bonds. The molecule has 2 aromatic heterocycles. The summed E-state index contributed by atoms with van der Waals surface area (Å²) < 4.78 is 4.68. The van der Waals surface area contributed by atoms with Crippen LogP contribution in [0.15, 0.2) is 64.1 Å². The third-order valence-corrected chi connectivity index (χ3v) is 8.77. The van der Waals surface area contributed by atoms with E-state index in [9.17, 15) is 4.79 Å². The van der Waals surface area contributed by atoms with Gasteiger partial charge in [0.25, 0.3) is 0 Å². The molecule has 1 aliphatic rings. The van der Waals surface area contributed by atoms with E-state index in [0.29, 0.717) is 24.6 Å². The maximum Gasteiger partial charge on any atom is 0.305 e. The molecular formula is C30H36N8O2S2. The number of methoxy groups -OCH3 is 1. The van der Waals surface area contributed by atoms with Gasteiger partial charge in [0.05, 0.1) is 42.3 Å². The number of anilines is 5.